The highest BCUT2D eigenvalue weighted by atomic mass is 16.5. The third kappa shape index (κ3) is 4.93. The number of nitrogens with one attached hydrogen (secondary N) is 2. The van der Waals surface area contributed by atoms with E-state index in [1.807, 2.05) is 37.3 Å². The van der Waals surface area contributed by atoms with E-state index < -0.39 is 11.8 Å². The minimum absolute atomic E-state index is 0.114. The standard InChI is InChI=1S/C28H26N2O6/c1-4-15-35-22-14-13-19(16-23(22)34-3)27(32)29-30-28(33)21-12-8-11-20-24(31)17(2)25(36-26(20)21)18-9-6-5-7-10-18/h5-14,16H,4,15H2,1-3H3,(H,29,32)(H,30,33). The molecule has 8 heteroatoms. The molecule has 0 bridgehead atoms. The van der Waals surface area contributed by atoms with Crippen molar-refractivity contribution in [2.24, 2.45) is 0 Å². The first-order valence-corrected chi connectivity index (χ1v) is 11.5. The summed E-state index contributed by atoms with van der Waals surface area (Å²) in [6.45, 7) is 4.19. The maximum absolute atomic E-state index is 13.0. The van der Waals surface area contributed by atoms with E-state index in [1.165, 1.54) is 19.2 Å². The Bertz CT molecular complexity index is 1480. The van der Waals surface area contributed by atoms with Crippen molar-refractivity contribution in [3.63, 3.8) is 0 Å². The molecule has 36 heavy (non-hydrogen) atoms. The molecular formula is C28H26N2O6. The normalized spacial score (nSPS) is 10.6. The van der Waals surface area contributed by atoms with Crippen molar-refractivity contribution in [1.29, 1.82) is 0 Å². The molecule has 0 radical (unpaired) electrons. The Kier molecular flexibility index (Phi) is 7.34. The second-order valence-electron chi connectivity index (χ2n) is 8.06. The second kappa shape index (κ2) is 10.8. The summed E-state index contributed by atoms with van der Waals surface area (Å²) in [5, 5.41) is 0.276. The number of benzene rings is 3. The maximum atomic E-state index is 13.0. The number of hydrogen-bond donors (Lipinski definition) is 2. The lowest BCUT2D eigenvalue weighted by Crippen LogP contribution is -2.41. The number of carbonyl (C=O) groups excluding carboxylic acids is 2. The molecule has 1 heterocycles. The van der Waals surface area contributed by atoms with Crippen molar-refractivity contribution < 1.29 is 23.5 Å². The number of ether oxygens (including phenoxy) is 2. The van der Waals surface area contributed by atoms with Gasteiger partial charge in [-0.25, -0.2) is 0 Å². The van der Waals surface area contributed by atoms with Crippen molar-refractivity contribution in [2.45, 2.75) is 20.3 Å². The van der Waals surface area contributed by atoms with Gasteiger partial charge < -0.3 is 13.9 Å². The minimum Gasteiger partial charge on any atom is -0.493 e. The van der Waals surface area contributed by atoms with Crippen LogP contribution in [0.4, 0.5) is 0 Å². The third-order valence-corrected chi connectivity index (χ3v) is 5.60. The Morgan fingerprint density at radius 1 is 0.917 bits per heavy atom. The van der Waals surface area contributed by atoms with Crippen LogP contribution in [0, 0.1) is 6.92 Å². The Labute approximate surface area is 207 Å². The summed E-state index contributed by atoms with van der Waals surface area (Å²) >= 11 is 0. The number of rotatable bonds is 7. The molecule has 0 aliphatic carbocycles. The van der Waals surface area contributed by atoms with Gasteiger partial charge in [0, 0.05) is 16.7 Å². The van der Waals surface area contributed by atoms with Gasteiger partial charge in [-0.05, 0) is 43.7 Å². The van der Waals surface area contributed by atoms with Gasteiger partial charge in [-0.3, -0.25) is 25.2 Å². The van der Waals surface area contributed by atoms with E-state index in [4.69, 9.17) is 13.9 Å². The molecule has 0 aliphatic heterocycles. The molecule has 2 N–H and O–H groups in total. The van der Waals surface area contributed by atoms with Gasteiger partial charge in [-0.1, -0.05) is 43.3 Å². The molecule has 3 aromatic carbocycles. The first-order valence-electron chi connectivity index (χ1n) is 11.5. The van der Waals surface area contributed by atoms with E-state index in [0.717, 1.165) is 12.0 Å². The first-order chi connectivity index (χ1) is 17.4. The van der Waals surface area contributed by atoms with E-state index in [-0.39, 0.29) is 27.5 Å². The highest BCUT2D eigenvalue weighted by Gasteiger charge is 2.19. The van der Waals surface area contributed by atoms with Crippen LogP contribution in [0.3, 0.4) is 0 Å². The van der Waals surface area contributed by atoms with Crippen molar-refractivity contribution in [3.8, 4) is 22.8 Å². The fraction of sp³-hybridized carbons (Fsp3) is 0.179. The second-order valence-corrected chi connectivity index (χ2v) is 8.06. The van der Waals surface area contributed by atoms with Gasteiger partial charge in [0.1, 0.15) is 5.76 Å². The zero-order valence-corrected chi connectivity index (χ0v) is 20.2. The predicted octanol–water partition coefficient (Wildman–Crippen LogP) is 4.64. The molecule has 0 saturated carbocycles. The number of para-hydroxylation sites is 1. The van der Waals surface area contributed by atoms with Crippen molar-refractivity contribution >= 4 is 22.8 Å². The largest absolute Gasteiger partial charge is 0.493 e. The van der Waals surface area contributed by atoms with Gasteiger partial charge in [0.25, 0.3) is 11.8 Å². The van der Waals surface area contributed by atoms with Crippen LogP contribution >= 0.6 is 0 Å². The SMILES string of the molecule is CCCOc1ccc(C(=O)NNC(=O)c2cccc3c(=O)c(C)c(-c4ccccc4)oc23)cc1OC. The Balaban J connectivity index is 1.59. The average molecular weight is 487 g/mol. The number of amides is 2. The lowest BCUT2D eigenvalue weighted by molar-refractivity contribution is 0.0846. The van der Waals surface area contributed by atoms with Gasteiger partial charge >= 0.3 is 0 Å². The van der Waals surface area contributed by atoms with Crippen LogP contribution in [0.5, 0.6) is 11.5 Å². The number of hydrogen-bond acceptors (Lipinski definition) is 6. The van der Waals surface area contributed by atoms with Crippen LogP contribution in [0.1, 0.15) is 39.6 Å². The molecule has 1 aromatic heterocycles. The van der Waals surface area contributed by atoms with Crippen LogP contribution in [0.2, 0.25) is 0 Å². The van der Waals surface area contributed by atoms with Gasteiger partial charge in [-0.2, -0.15) is 0 Å². The maximum Gasteiger partial charge on any atom is 0.273 e. The molecule has 0 atom stereocenters. The van der Waals surface area contributed by atoms with Crippen molar-refractivity contribution in [3.05, 3.63) is 93.6 Å². The molecule has 0 spiro atoms. The first kappa shape index (κ1) is 24.5. The van der Waals surface area contributed by atoms with E-state index in [2.05, 4.69) is 10.9 Å². The highest BCUT2D eigenvalue weighted by Crippen LogP contribution is 2.29. The topological polar surface area (TPSA) is 107 Å². The van der Waals surface area contributed by atoms with E-state index in [0.29, 0.717) is 29.4 Å². The number of hydrazine groups is 1. The lowest BCUT2D eigenvalue weighted by atomic mass is 10.0. The van der Waals surface area contributed by atoms with Crippen molar-refractivity contribution in [1.82, 2.24) is 10.9 Å². The molecular weight excluding hydrogens is 460 g/mol. The lowest BCUT2D eigenvalue weighted by Gasteiger charge is -2.13. The van der Waals surface area contributed by atoms with Crippen LogP contribution < -0.4 is 25.8 Å². The Hall–Kier alpha value is -4.59. The average Bonchev–Trinajstić information content (AvgIpc) is 2.92. The molecule has 4 rings (SSSR count). The Morgan fingerprint density at radius 3 is 2.39 bits per heavy atom. The summed E-state index contributed by atoms with van der Waals surface area (Å²) in [6, 6.07) is 18.6. The smallest absolute Gasteiger partial charge is 0.273 e. The zero-order chi connectivity index (χ0) is 25.7. The molecule has 0 saturated heterocycles. The van der Waals surface area contributed by atoms with Crippen LogP contribution in [-0.4, -0.2) is 25.5 Å². The quantitative estimate of drug-likeness (QED) is 0.369. The third-order valence-electron chi connectivity index (χ3n) is 5.60. The summed E-state index contributed by atoms with van der Waals surface area (Å²) in [6.07, 6.45) is 0.831. The monoisotopic (exact) mass is 486 g/mol. The van der Waals surface area contributed by atoms with E-state index in [1.54, 1.807) is 31.2 Å². The van der Waals surface area contributed by atoms with Crippen LogP contribution in [0.25, 0.3) is 22.3 Å². The number of methoxy groups -OCH3 is 1. The van der Waals surface area contributed by atoms with Gasteiger partial charge in [0.15, 0.2) is 22.5 Å². The molecule has 8 nitrogen and oxygen atoms in total. The molecule has 184 valence electrons. The summed E-state index contributed by atoms with van der Waals surface area (Å²) in [5.41, 5.74) is 6.24. The summed E-state index contributed by atoms with van der Waals surface area (Å²) in [7, 11) is 1.48. The summed E-state index contributed by atoms with van der Waals surface area (Å²) < 4.78 is 17.0. The fourth-order valence-corrected chi connectivity index (χ4v) is 3.75. The van der Waals surface area contributed by atoms with Crippen LogP contribution in [0.15, 0.2) is 75.9 Å². The molecule has 0 fully saturated rings. The number of fused-ring (bicyclic) bond motifs is 1. The van der Waals surface area contributed by atoms with Gasteiger partial charge in [0.05, 0.1) is 24.7 Å². The summed E-state index contributed by atoms with van der Waals surface area (Å²) in [5.74, 6) is 0.133. The highest BCUT2D eigenvalue weighted by molar-refractivity contribution is 6.06. The molecule has 0 unspecified atom stereocenters. The minimum atomic E-state index is -0.630. The van der Waals surface area contributed by atoms with Crippen LogP contribution in [-0.2, 0) is 0 Å². The summed E-state index contributed by atoms with van der Waals surface area (Å²) in [4.78, 5) is 38.7. The molecule has 4 aromatic rings. The fourth-order valence-electron chi connectivity index (χ4n) is 3.75. The van der Waals surface area contributed by atoms with Gasteiger partial charge in [-0.15, -0.1) is 0 Å². The van der Waals surface area contributed by atoms with Gasteiger partial charge in [0.2, 0.25) is 0 Å². The Morgan fingerprint density at radius 2 is 1.67 bits per heavy atom. The van der Waals surface area contributed by atoms with Crippen molar-refractivity contribution in [2.75, 3.05) is 13.7 Å². The zero-order valence-electron chi connectivity index (χ0n) is 20.2. The molecule has 2 amide bonds. The predicted molar refractivity (Wildman–Crippen MR) is 136 cm³/mol. The van der Waals surface area contributed by atoms with E-state index >= 15 is 0 Å². The van der Waals surface area contributed by atoms with E-state index in [9.17, 15) is 14.4 Å². The number of carbonyl (C=O) groups is 2. The molecule has 0 aliphatic rings.